The van der Waals surface area contributed by atoms with Crippen molar-refractivity contribution in [2.45, 2.75) is 6.61 Å². The number of hydrogen-bond acceptors (Lipinski definition) is 4. The van der Waals surface area contributed by atoms with Crippen molar-refractivity contribution in [1.29, 1.82) is 0 Å². The number of aromatic carboxylic acids is 1. The van der Waals surface area contributed by atoms with Gasteiger partial charge in [-0.1, -0.05) is 48.5 Å². The average Bonchev–Trinajstić information content (AvgIpc) is 3.07. The number of benzene rings is 3. The van der Waals surface area contributed by atoms with Gasteiger partial charge in [0.2, 0.25) is 0 Å². The van der Waals surface area contributed by atoms with Gasteiger partial charge in [-0.05, 0) is 42.0 Å². The third-order valence-electron chi connectivity index (χ3n) is 4.72. The number of para-hydroxylation sites is 2. The molecule has 1 saturated heterocycles. The molecule has 0 saturated carbocycles. The molecule has 0 radical (unpaired) electrons. The van der Waals surface area contributed by atoms with Crippen molar-refractivity contribution in [3.63, 3.8) is 0 Å². The number of rotatable bonds is 6. The summed E-state index contributed by atoms with van der Waals surface area (Å²) in [5.74, 6) is -1.44. The van der Waals surface area contributed by atoms with Crippen LogP contribution < -0.4 is 15.2 Å². The van der Waals surface area contributed by atoms with E-state index in [4.69, 9.17) is 9.84 Å². The summed E-state index contributed by atoms with van der Waals surface area (Å²) < 4.78 is 5.87. The SMILES string of the molecule is O=C1NN(c2ccccc2)C(=O)/C1=C\c1ccccc1OCc1ccc(C(=O)O)cc1. The topological polar surface area (TPSA) is 95.9 Å². The van der Waals surface area contributed by atoms with Crippen LogP contribution in [-0.2, 0) is 16.2 Å². The van der Waals surface area contributed by atoms with E-state index in [1.165, 1.54) is 23.2 Å². The van der Waals surface area contributed by atoms with E-state index >= 15 is 0 Å². The number of carbonyl (C=O) groups is 3. The molecule has 2 amide bonds. The number of amides is 2. The van der Waals surface area contributed by atoms with Crippen LogP contribution in [-0.4, -0.2) is 22.9 Å². The van der Waals surface area contributed by atoms with Crippen LogP contribution in [0.25, 0.3) is 6.08 Å². The summed E-state index contributed by atoms with van der Waals surface area (Å²) in [4.78, 5) is 36.2. The summed E-state index contributed by atoms with van der Waals surface area (Å²) in [5, 5.41) is 10.2. The van der Waals surface area contributed by atoms with E-state index in [1.54, 1.807) is 60.7 Å². The largest absolute Gasteiger partial charge is 0.488 e. The molecule has 1 fully saturated rings. The third-order valence-corrected chi connectivity index (χ3v) is 4.72. The van der Waals surface area contributed by atoms with Gasteiger partial charge >= 0.3 is 5.97 Å². The lowest BCUT2D eigenvalue weighted by Gasteiger charge is -2.14. The van der Waals surface area contributed by atoms with E-state index in [-0.39, 0.29) is 17.7 Å². The molecule has 0 unspecified atom stereocenters. The van der Waals surface area contributed by atoms with Gasteiger partial charge in [-0.3, -0.25) is 15.0 Å². The van der Waals surface area contributed by atoms with E-state index < -0.39 is 17.8 Å². The Bertz CT molecular complexity index is 1170. The summed E-state index contributed by atoms with van der Waals surface area (Å²) in [7, 11) is 0. The van der Waals surface area contributed by atoms with Crippen molar-refractivity contribution in [1.82, 2.24) is 5.43 Å². The number of carboxylic acid groups (broad SMARTS) is 1. The van der Waals surface area contributed by atoms with Gasteiger partial charge in [-0.25, -0.2) is 9.80 Å². The molecule has 4 rings (SSSR count). The van der Waals surface area contributed by atoms with Crippen LogP contribution in [0.5, 0.6) is 5.75 Å². The summed E-state index contributed by atoms with van der Waals surface area (Å²) >= 11 is 0. The Hall–Kier alpha value is -4.39. The van der Waals surface area contributed by atoms with Crippen molar-refractivity contribution in [3.05, 3.63) is 101 Å². The minimum absolute atomic E-state index is 0.00529. The lowest BCUT2D eigenvalue weighted by Crippen LogP contribution is -2.35. The first-order valence-electron chi connectivity index (χ1n) is 9.49. The van der Waals surface area contributed by atoms with Crippen LogP contribution in [0.2, 0.25) is 0 Å². The van der Waals surface area contributed by atoms with Crippen molar-refractivity contribution in [2.75, 3.05) is 5.01 Å². The number of nitrogens with one attached hydrogen (secondary N) is 1. The molecule has 0 spiro atoms. The zero-order chi connectivity index (χ0) is 21.8. The molecule has 0 atom stereocenters. The number of anilines is 1. The van der Waals surface area contributed by atoms with Crippen molar-refractivity contribution in [2.24, 2.45) is 0 Å². The highest BCUT2D eigenvalue weighted by Gasteiger charge is 2.34. The zero-order valence-corrected chi connectivity index (χ0v) is 16.3. The number of nitrogens with zero attached hydrogens (tertiary/aromatic N) is 1. The van der Waals surface area contributed by atoms with Crippen molar-refractivity contribution >= 4 is 29.5 Å². The van der Waals surface area contributed by atoms with Crippen molar-refractivity contribution in [3.8, 4) is 5.75 Å². The van der Waals surface area contributed by atoms with Gasteiger partial charge in [0, 0.05) is 5.56 Å². The summed E-state index contributed by atoms with van der Waals surface area (Å²) in [5.41, 5.74) is 4.71. The van der Waals surface area contributed by atoms with E-state index in [1.807, 2.05) is 6.07 Å². The Balaban J connectivity index is 1.54. The molecule has 7 nitrogen and oxygen atoms in total. The van der Waals surface area contributed by atoms with Gasteiger partial charge in [-0.2, -0.15) is 0 Å². The molecule has 1 aliphatic rings. The zero-order valence-electron chi connectivity index (χ0n) is 16.3. The average molecular weight is 414 g/mol. The summed E-state index contributed by atoms with van der Waals surface area (Å²) in [6.07, 6.45) is 1.50. The van der Waals surface area contributed by atoms with Crippen LogP contribution in [0.4, 0.5) is 5.69 Å². The van der Waals surface area contributed by atoms with Crippen LogP contribution >= 0.6 is 0 Å². The minimum Gasteiger partial charge on any atom is -0.488 e. The molecule has 3 aromatic carbocycles. The lowest BCUT2D eigenvalue weighted by atomic mass is 10.1. The number of ether oxygens (including phenoxy) is 1. The smallest absolute Gasteiger partial charge is 0.335 e. The number of hydrazine groups is 1. The first kappa shape index (κ1) is 19.9. The molecular weight excluding hydrogens is 396 g/mol. The van der Waals surface area contributed by atoms with E-state index in [9.17, 15) is 14.4 Å². The second-order valence-electron chi connectivity index (χ2n) is 6.80. The van der Waals surface area contributed by atoms with Gasteiger partial charge < -0.3 is 9.84 Å². The molecule has 0 bridgehead atoms. The van der Waals surface area contributed by atoms with Crippen LogP contribution in [0.1, 0.15) is 21.5 Å². The predicted molar refractivity (Wildman–Crippen MR) is 114 cm³/mol. The van der Waals surface area contributed by atoms with Gasteiger partial charge in [0.15, 0.2) is 0 Å². The number of carbonyl (C=O) groups excluding carboxylic acids is 2. The Morgan fingerprint density at radius 2 is 1.61 bits per heavy atom. The molecule has 154 valence electrons. The molecule has 1 aliphatic heterocycles. The van der Waals surface area contributed by atoms with E-state index in [0.717, 1.165) is 5.56 Å². The first-order valence-corrected chi connectivity index (χ1v) is 9.49. The maximum absolute atomic E-state index is 12.8. The molecule has 31 heavy (non-hydrogen) atoms. The highest BCUT2D eigenvalue weighted by Crippen LogP contribution is 2.26. The van der Waals surface area contributed by atoms with Gasteiger partial charge in [0.1, 0.15) is 17.9 Å². The first-order chi connectivity index (χ1) is 15.0. The predicted octanol–water partition coefficient (Wildman–Crippen LogP) is 3.43. The fourth-order valence-corrected chi connectivity index (χ4v) is 3.11. The molecule has 0 aliphatic carbocycles. The standard InChI is InChI=1S/C24H18N2O5/c27-22-20(23(28)26(25-22)19-7-2-1-3-8-19)14-18-6-4-5-9-21(18)31-15-16-10-12-17(13-11-16)24(29)30/h1-14H,15H2,(H,25,27)(H,29,30)/b20-14-. The van der Waals surface area contributed by atoms with Crippen LogP contribution in [0, 0.1) is 0 Å². The van der Waals surface area contributed by atoms with Crippen LogP contribution in [0.3, 0.4) is 0 Å². The van der Waals surface area contributed by atoms with Gasteiger partial charge in [0.05, 0.1) is 11.3 Å². The Kier molecular flexibility index (Phi) is 5.49. The fourth-order valence-electron chi connectivity index (χ4n) is 3.11. The second kappa shape index (κ2) is 8.54. The highest BCUT2D eigenvalue weighted by molar-refractivity contribution is 6.31. The maximum Gasteiger partial charge on any atom is 0.335 e. The molecular formula is C24H18N2O5. The van der Waals surface area contributed by atoms with Gasteiger partial charge in [-0.15, -0.1) is 0 Å². The molecule has 2 N–H and O–H groups in total. The normalized spacial score (nSPS) is 14.6. The lowest BCUT2D eigenvalue weighted by molar-refractivity contribution is -0.117. The summed E-state index contributed by atoms with van der Waals surface area (Å²) in [6, 6.07) is 22.3. The highest BCUT2D eigenvalue weighted by atomic mass is 16.5. The van der Waals surface area contributed by atoms with E-state index in [2.05, 4.69) is 5.43 Å². The summed E-state index contributed by atoms with van der Waals surface area (Å²) in [6.45, 7) is 0.205. The Labute approximate surface area is 178 Å². The molecule has 7 heteroatoms. The van der Waals surface area contributed by atoms with E-state index in [0.29, 0.717) is 17.0 Å². The molecule has 1 heterocycles. The Morgan fingerprint density at radius 1 is 0.935 bits per heavy atom. The quantitative estimate of drug-likeness (QED) is 0.476. The maximum atomic E-state index is 12.8. The molecule has 3 aromatic rings. The third kappa shape index (κ3) is 4.30. The monoisotopic (exact) mass is 414 g/mol. The minimum atomic E-state index is -0.992. The Morgan fingerprint density at radius 3 is 2.32 bits per heavy atom. The second-order valence-corrected chi connectivity index (χ2v) is 6.80. The fraction of sp³-hybridized carbons (Fsp3) is 0.0417. The molecule has 0 aromatic heterocycles. The number of carboxylic acids is 1. The van der Waals surface area contributed by atoms with Crippen molar-refractivity contribution < 1.29 is 24.2 Å². The number of hydrogen-bond donors (Lipinski definition) is 2. The van der Waals surface area contributed by atoms with Crippen LogP contribution in [0.15, 0.2) is 84.4 Å². The van der Waals surface area contributed by atoms with Gasteiger partial charge in [0.25, 0.3) is 11.8 Å².